The molecular formula is C13H14O3. The first-order valence-corrected chi connectivity index (χ1v) is 5.37. The lowest BCUT2D eigenvalue weighted by atomic mass is 9.96. The van der Waals surface area contributed by atoms with E-state index < -0.39 is 5.97 Å². The minimum Gasteiger partial charge on any atom is -0.493 e. The Hall–Kier alpha value is -1.77. The van der Waals surface area contributed by atoms with Crippen molar-refractivity contribution >= 4 is 11.5 Å². The summed E-state index contributed by atoms with van der Waals surface area (Å²) in [5.74, 6) is -0.171. The molecule has 0 amide bonds. The minimum absolute atomic E-state index is 0.141. The van der Waals surface area contributed by atoms with Gasteiger partial charge in [0.2, 0.25) is 0 Å². The molecule has 84 valence electrons. The van der Waals surface area contributed by atoms with E-state index in [1.807, 2.05) is 12.1 Å². The summed E-state index contributed by atoms with van der Waals surface area (Å²) in [6, 6.07) is 5.50. The van der Waals surface area contributed by atoms with Crippen LogP contribution in [-0.2, 0) is 11.2 Å². The monoisotopic (exact) mass is 218 g/mol. The molecule has 0 saturated carbocycles. The van der Waals surface area contributed by atoms with Gasteiger partial charge in [0.1, 0.15) is 5.75 Å². The van der Waals surface area contributed by atoms with Gasteiger partial charge in [-0.2, -0.15) is 0 Å². The van der Waals surface area contributed by atoms with Gasteiger partial charge in [-0.15, -0.1) is 0 Å². The van der Waals surface area contributed by atoms with Crippen LogP contribution in [0.15, 0.2) is 24.8 Å². The predicted octanol–water partition coefficient (Wildman–Crippen LogP) is 2.50. The quantitative estimate of drug-likeness (QED) is 0.776. The number of hydrogen-bond donors (Lipinski definition) is 1. The molecule has 1 aliphatic rings. The third kappa shape index (κ3) is 1.94. The summed E-state index contributed by atoms with van der Waals surface area (Å²) in [4.78, 5) is 10.9. The van der Waals surface area contributed by atoms with Crippen LogP contribution in [0.3, 0.4) is 0 Å². The normalized spacial score (nSPS) is 14.5. The lowest BCUT2D eigenvalue weighted by molar-refractivity contribution is -0.130. The van der Waals surface area contributed by atoms with Crippen molar-refractivity contribution in [2.75, 3.05) is 6.61 Å². The number of rotatable bonds is 2. The number of fused-ring (bicyclic) bond motifs is 1. The Kier molecular flexibility index (Phi) is 2.95. The standard InChI is InChI=1S/C13H14O3/c1-9(13(14)15)10-6-4-7-12-11(10)5-2-3-8-16-12/h4,6-7H,1-3,5,8H2,(H,14,15). The van der Waals surface area contributed by atoms with Crippen LogP contribution in [-0.4, -0.2) is 17.7 Å². The average molecular weight is 218 g/mol. The summed E-state index contributed by atoms with van der Waals surface area (Å²) in [6.07, 6.45) is 2.89. The Morgan fingerprint density at radius 3 is 2.94 bits per heavy atom. The molecule has 0 spiro atoms. The highest BCUT2D eigenvalue weighted by Crippen LogP contribution is 2.30. The van der Waals surface area contributed by atoms with Gasteiger partial charge in [0.05, 0.1) is 12.2 Å². The molecule has 1 N–H and O–H groups in total. The molecule has 3 nitrogen and oxygen atoms in total. The van der Waals surface area contributed by atoms with Crippen molar-refractivity contribution in [2.45, 2.75) is 19.3 Å². The molecule has 0 unspecified atom stereocenters. The number of aliphatic carboxylic acids is 1. The van der Waals surface area contributed by atoms with E-state index in [-0.39, 0.29) is 5.57 Å². The molecule has 0 fully saturated rings. The van der Waals surface area contributed by atoms with Gasteiger partial charge in [-0.25, -0.2) is 4.79 Å². The van der Waals surface area contributed by atoms with E-state index in [4.69, 9.17) is 9.84 Å². The Labute approximate surface area is 94.4 Å². The van der Waals surface area contributed by atoms with Crippen LogP contribution in [0.25, 0.3) is 5.57 Å². The smallest absolute Gasteiger partial charge is 0.335 e. The zero-order valence-corrected chi connectivity index (χ0v) is 9.03. The summed E-state index contributed by atoms with van der Waals surface area (Å²) in [5.41, 5.74) is 1.82. The SMILES string of the molecule is C=C(C(=O)O)c1cccc2c1CCCCO2. The Bertz CT molecular complexity index is 435. The molecule has 0 bridgehead atoms. The van der Waals surface area contributed by atoms with Crippen LogP contribution in [0.2, 0.25) is 0 Å². The second-order valence-electron chi connectivity index (χ2n) is 3.87. The van der Waals surface area contributed by atoms with Crippen LogP contribution in [0.1, 0.15) is 24.0 Å². The first kappa shape index (κ1) is 10.7. The second-order valence-corrected chi connectivity index (χ2v) is 3.87. The Morgan fingerprint density at radius 1 is 1.38 bits per heavy atom. The van der Waals surface area contributed by atoms with Crippen LogP contribution >= 0.6 is 0 Å². The summed E-state index contributed by atoms with van der Waals surface area (Å²) >= 11 is 0. The van der Waals surface area contributed by atoms with Gasteiger partial charge in [0, 0.05) is 5.56 Å². The van der Waals surface area contributed by atoms with E-state index in [1.165, 1.54) is 0 Å². The van der Waals surface area contributed by atoms with E-state index in [2.05, 4.69) is 6.58 Å². The van der Waals surface area contributed by atoms with Crippen LogP contribution < -0.4 is 4.74 Å². The van der Waals surface area contributed by atoms with Crippen molar-refractivity contribution < 1.29 is 14.6 Å². The molecule has 0 aromatic heterocycles. The van der Waals surface area contributed by atoms with Gasteiger partial charge >= 0.3 is 5.97 Å². The summed E-state index contributed by atoms with van der Waals surface area (Å²) in [7, 11) is 0. The molecule has 16 heavy (non-hydrogen) atoms. The van der Waals surface area contributed by atoms with E-state index in [1.54, 1.807) is 6.07 Å². The number of carbonyl (C=O) groups is 1. The minimum atomic E-state index is -0.974. The van der Waals surface area contributed by atoms with Crippen LogP contribution in [0.4, 0.5) is 0 Å². The topological polar surface area (TPSA) is 46.5 Å². The summed E-state index contributed by atoms with van der Waals surface area (Å²) in [5, 5.41) is 8.97. The largest absolute Gasteiger partial charge is 0.493 e. The van der Waals surface area contributed by atoms with Crippen molar-refractivity contribution in [1.82, 2.24) is 0 Å². The van der Waals surface area contributed by atoms with Crippen molar-refractivity contribution in [3.8, 4) is 5.75 Å². The third-order valence-electron chi connectivity index (χ3n) is 2.79. The van der Waals surface area contributed by atoms with Gasteiger partial charge in [-0.3, -0.25) is 0 Å². The van der Waals surface area contributed by atoms with E-state index in [0.717, 1.165) is 30.6 Å². The lowest BCUT2D eigenvalue weighted by Crippen LogP contribution is -2.03. The number of benzene rings is 1. The fourth-order valence-corrected chi connectivity index (χ4v) is 1.94. The van der Waals surface area contributed by atoms with Gasteiger partial charge in [0.15, 0.2) is 0 Å². The van der Waals surface area contributed by atoms with Crippen molar-refractivity contribution in [2.24, 2.45) is 0 Å². The van der Waals surface area contributed by atoms with E-state index in [0.29, 0.717) is 12.2 Å². The molecule has 1 aromatic rings. The third-order valence-corrected chi connectivity index (χ3v) is 2.79. The summed E-state index contributed by atoms with van der Waals surface area (Å²) in [6.45, 7) is 4.31. The highest BCUT2D eigenvalue weighted by molar-refractivity contribution is 6.15. The van der Waals surface area contributed by atoms with Crippen molar-refractivity contribution in [3.05, 3.63) is 35.9 Å². The fraction of sp³-hybridized carbons (Fsp3) is 0.308. The van der Waals surface area contributed by atoms with E-state index in [9.17, 15) is 4.79 Å². The number of carboxylic acid groups (broad SMARTS) is 1. The molecule has 0 radical (unpaired) electrons. The Morgan fingerprint density at radius 2 is 2.19 bits per heavy atom. The maximum atomic E-state index is 10.9. The molecule has 0 saturated heterocycles. The number of ether oxygens (including phenoxy) is 1. The van der Waals surface area contributed by atoms with Gasteiger partial charge < -0.3 is 9.84 Å². The molecule has 1 aliphatic heterocycles. The molecule has 1 heterocycles. The molecule has 2 rings (SSSR count). The summed E-state index contributed by atoms with van der Waals surface area (Å²) < 4.78 is 5.58. The lowest BCUT2D eigenvalue weighted by Gasteiger charge is -2.11. The number of hydrogen-bond acceptors (Lipinski definition) is 2. The zero-order valence-electron chi connectivity index (χ0n) is 9.03. The predicted molar refractivity (Wildman–Crippen MR) is 61.5 cm³/mol. The Balaban J connectivity index is 2.46. The van der Waals surface area contributed by atoms with Crippen molar-refractivity contribution in [3.63, 3.8) is 0 Å². The van der Waals surface area contributed by atoms with Gasteiger partial charge in [0.25, 0.3) is 0 Å². The number of carboxylic acids is 1. The molecule has 0 aliphatic carbocycles. The highest BCUT2D eigenvalue weighted by atomic mass is 16.5. The zero-order chi connectivity index (χ0) is 11.5. The first-order valence-electron chi connectivity index (χ1n) is 5.37. The van der Waals surface area contributed by atoms with E-state index >= 15 is 0 Å². The van der Waals surface area contributed by atoms with Crippen molar-refractivity contribution in [1.29, 1.82) is 0 Å². The maximum absolute atomic E-state index is 10.9. The second kappa shape index (κ2) is 4.39. The molecule has 3 heteroatoms. The molecular weight excluding hydrogens is 204 g/mol. The van der Waals surface area contributed by atoms with Gasteiger partial charge in [-0.05, 0) is 30.9 Å². The fourth-order valence-electron chi connectivity index (χ4n) is 1.94. The van der Waals surface area contributed by atoms with Crippen LogP contribution in [0, 0.1) is 0 Å². The molecule has 1 aromatic carbocycles. The van der Waals surface area contributed by atoms with Crippen LogP contribution in [0.5, 0.6) is 5.75 Å². The average Bonchev–Trinajstić information content (AvgIpc) is 2.52. The highest BCUT2D eigenvalue weighted by Gasteiger charge is 2.17. The maximum Gasteiger partial charge on any atom is 0.335 e. The molecule has 0 atom stereocenters. The van der Waals surface area contributed by atoms with Gasteiger partial charge in [-0.1, -0.05) is 18.7 Å². The first-order chi connectivity index (χ1) is 7.70.